The number of nitrogens with zero attached hydrogens (tertiary/aromatic N) is 1. The second-order valence-corrected chi connectivity index (χ2v) is 9.47. The molecule has 2 aliphatic rings. The van der Waals surface area contributed by atoms with Crippen LogP contribution in [0.1, 0.15) is 71.3 Å². The average Bonchev–Trinajstić information content (AvgIpc) is 2.74. The SMILES string of the molecule is CCCCCOC(=O)C1C(C)=NC2=C(C(=O)CC(C)(C)C2)[C@@H]1c1cccc(OC)c1OC. The van der Waals surface area contributed by atoms with Crippen LogP contribution in [0, 0.1) is 11.3 Å². The smallest absolute Gasteiger partial charge is 0.315 e. The lowest BCUT2D eigenvalue weighted by molar-refractivity contribution is -0.146. The molecule has 1 aliphatic heterocycles. The summed E-state index contributed by atoms with van der Waals surface area (Å²) in [6.07, 6.45) is 3.97. The summed E-state index contributed by atoms with van der Waals surface area (Å²) in [7, 11) is 3.15. The van der Waals surface area contributed by atoms with Crippen molar-refractivity contribution in [1.29, 1.82) is 0 Å². The molecule has 1 unspecified atom stereocenters. The third kappa shape index (κ3) is 4.74. The van der Waals surface area contributed by atoms with E-state index in [4.69, 9.17) is 19.2 Å². The number of unbranched alkanes of at least 4 members (excludes halogenated alkanes) is 2. The number of aliphatic imine (C=N–C) groups is 1. The van der Waals surface area contributed by atoms with Gasteiger partial charge < -0.3 is 14.2 Å². The lowest BCUT2D eigenvalue weighted by atomic mass is 9.66. The minimum absolute atomic E-state index is 0.0335. The van der Waals surface area contributed by atoms with Gasteiger partial charge in [-0.3, -0.25) is 14.6 Å². The topological polar surface area (TPSA) is 74.2 Å². The second kappa shape index (κ2) is 9.88. The van der Waals surface area contributed by atoms with Crippen LogP contribution in [-0.2, 0) is 14.3 Å². The molecule has 0 saturated carbocycles. The summed E-state index contributed by atoms with van der Waals surface area (Å²) >= 11 is 0. The first-order valence-electron chi connectivity index (χ1n) is 11.4. The molecule has 6 heteroatoms. The first-order valence-corrected chi connectivity index (χ1v) is 11.4. The Bertz CT molecular complexity index is 944. The van der Waals surface area contributed by atoms with E-state index in [1.54, 1.807) is 14.2 Å². The molecular weight excluding hydrogens is 406 g/mol. The third-order valence-electron chi connectivity index (χ3n) is 6.32. The fourth-order valence-electron chi connectivity index (χ4n) is 4.86. The minimum Gasteiger partial charge on any atom is -0.493 e. The Morgan fingerprint density at radius 2 is 1.91 bits per heavy atom. The molecule has 0 spiro atoms. The molecule has 0 fully saturated rings. The lowest BCUT2D eigenvalue weighted by Crippen LogP contribution is -2.39. The molecule has 6 nitrogen and oxygen atoms in total. The average molecular weight is 442 g/mol. The highest BCUT2D eigenvalue weighted by molar-refractivity contribution is 6.09. The van der Waals surface area contributed by atoms with E-state index in [2.05, 4.69) is 20.8 Å². The molecule has 0 aromatic heterocycles. The number of hydrogen-bond donors (Lipinski definition) is 0. The molecular formula is C26H35NO5. The Hall–Kier alpha value is -2.63. The summed E-state index contributed by atoms with van der Waals surface area (Å²) in [5.74, 6) is -0.419. The summed E-state index contributed by atoms with van der Waals surface area (Å²) in [6.45, 7) is 8.48. The summed E-state index contributed by atoms with van der Waals surface area (Å²) in [5.41, 5.74) is 2.63. The van der Waals surface area contributed by atoms with Crippen molar-refractivity contribution in [1.82, 2.24) is 0 Å². The first kappa shape index (κ1) is 24.0. The zero-order valence-corrected chi connectivity index (χ0v) is 20.1. The van der Waals surface area contributed by atoms with Gasteiger partial charge in [0.2, 0.25) is 0 Å². The van der Waals surface area contributed by atoms with Gasteiger partial charge in [0.25, 0.3) is 0 Å². The summed E-state index contributed by atoms with van der Waals surface area (Å²) < 4.78 is 16.9. The normalized spacial score (nSPS) is 22.2. The Labute approximate surface area is 191 Å². The van der Waals surface area contributed by atoms with E-state index in [0.717, 1.165) is 30.5 Å². The molecule has 32 heavy (non-hydrogen) atoms. The first-order chi connectivity index (χ1) is 15.2. The Morgan fingerprint density at radius 1 is 1.16 bits per heavy atom. The number of hydrogen-bond acceptors (Lipinski definition) is 6. The van der Waals surface area contributed by atoms with Gasteiger partial charge in [0.15, 0.2) is 17.3 Å². The van der Waals surface area contributed by atoms with E-state index < -0.39 is 11.8 Å². The van der Waals surface area contributed by atoms with Crippen molar-refractivity contribution in [2.24, 2.45) is 16.3 Å². The predicted octanol–water partition coefficient (Wildman–Crippen LogP) is 5.25. The van der Waals surface area contributed by atoms with Gasteiger partial charge in [-0.25, -0.2) is 0 Å². The summed E-state index contributed by atoms with van der Waals surface area (Å²) in [4.78, 5) is 31.5. The lowest BCUT2D eigenvalue weighted by Gasteiger charge is -2.39. The molecule has 1 aliphatic carbocycles. The van der Waals surface area contributed by atoms with Gasteiger partial charge in [0, 0.05) is 34.9 Å². The van der Waals surface area contributed by atoms with Crippen molar-refractivity contribution in [3.8, 4) is 11.5 Å². The fourth-order valence-corrected chi connectivity index (χ4v) is 4.86. The number of ketones is 1. The number of Topliss-reactive ketones (excluding diaryl/α,β-unsaturated/α-hetero) is 1. The van der Waals surface area contributed by atoms with E-state index in [1.807, 2.05) is 25.1 Å². The fraction of sp³-hybridized carbons (Fsp3) is 0.577. The van der Waals surface area contributed by atoms with Crippen LogP contribution in [0.25, 0.3) is 0 Å². The number of rotatable bonds is 8. The molecule has 0 amide bonds. The van der Waals surface area contributed by atoms with Crippen molar-refractivity contribution in [2.45, 2.75) is 65.7 Å². The van der Waals surface area contributed by atoms with Crippen LogP contribution in [0.4, 0.5) is 0 Å². The predicted molar refractivity (Wildman–Crippen MR) is 124 cm³/mol. The van der Waals surface area contributed by atoms with Gasteiger partial charge in [-0.15, -0.1) is 0 Å². The number of carbonyl (C=O) groups is 2. The zero-order chi connectivity index (χ0) is 23.5. The number of ether oxygens (including phenoxy) is 3. The Morgan fingerprint density at radius 3 is 2.56 bits per heavy atom. The van der Waals surface area contributed by atoms with Crippen molar-refractivity contribution in [2.75, 3.05) is 20.8 Å². The Kier molecular flexibility index (Phi) is 7.42. The highest BCUT2D eigenvalue weighted by Crippen LogP contribution is 2.50. The van der Waals surface area contributed by atoms with Crippen LogP contribution in [0.15, 0.2) is 34.5 Å². The monoisotopic (exact) mass is 441 g/mol. The van der Waals surface area contributed by atoms with Gasteiger partial charge in [-0.2, -0.15) is 0 Å². The largest absolute Gasteiger partial charge is 0.493 e. The van der Waals surface area contributed by atoms with E-state index in [0.29, 0.717) is 42.2 Å². The van der Waals surface area contributed by atoms with Crippen molar-refractivity contribution in [3.05, 3.63) is 35.0 Å². The van der Waals surface area contributed by atoms with Gasteiger partial charge in [-0.1, -0.05) is 45.7 Å². The van der Waals surface area contributed by atoms with Crippen molar-refractivity contribution >= 4 is 17.5 Å². The highest BCUT2D eigenvalue weighted by Gasteiger charge is 2.47. The maximum atomic E-state index is 13.4. The van der Waals surface area contributed by atoms with E-state index in [-0.39, 0.29) is 17.2 Å². The van der Waals surface area contributed by atoms with Crippen LogP contribution in [0.2, 0.25) is 0 Å². The Balaban J connectivity index is 2.12. The molecule has 3 rings (SSSR count). The standard InChI is InChI=1S/C26H35NO5/c1-7-8-9-13-32-25(29)21-16(2)27-18-14-26(3,4)15-19(28)23(18)22(21)17-11-10-12-20(30-5)24(17)31-6/h10-12,21-22H,7-9,13-15H2,1-6H3/t21?,22-/m1/s1. The van der Waals surface area contributed by atoms with Crippen molar-refractivity contribution in [3.63, 3.8) is 0 Å². The van der Waals surface area contributed by atoms with Gasteiger partial charge in [-0.05, 0) is 31.2 Å². The molecule has 0 radical (unpaired) electrons. The number of para-hydroxylation sites is 1. The van der Waals surface area contributed by atoms with E-state index >= 15 is 0 Å². The van der Waals surface area contributed by atoms with Crippen LogP contribution in [0.5, 0.6) is 11.5 Å². The molecule has 1 aromatic rings. The maximum absolute atomic E-state index is 13.4. The number of esters is 1. The van der Waals surface area contributed by atoms with Crippen LogP contribution in [-0.4, -0.2) is 38.3 Å². The second-order valence-electron chi connectivity index (χ2n) is 9.47. The van der Waals surface area contributed by atoms with Crippen molar-refractivity contribution < 1.29 is 23.8 Å². The highest BCUT2D eigenvalue weighted by atomic mass is 16.5. The molecule has 174 valence electrons. The van der Waals surface area contributed by atoms with Gasteiger partial charge in [0.1, 0.15) is 5.92 Å². The quantitative estimate of drug-likeness (QED) is 0.407. The van der Waals surface area contributed by atoms with Crippen LogP contribution >= 0.6 is 0 Å². The van der Waals surface area contributed by atoms with Gasteiger partial charge >= 0.3 is 5.97 Å². The van der Waals surface area contributed by atoms with Gasteiger partial charge in [0.05, 0.1) is 20.8 Å². The zero-order valence-electron chi connectivity index (χ0n) is 20.1. The molecule has 1 heterocycles. The molecule has 1 aromatic carbocycles. The minimum atomic E-state index is -0.679. The number of methoxy groups -OCH3 is 2. The van der Waals surface area contributed by atoms with Crippen LogP contribution in [0.3, 0.4) is 0 Å². The molecule has 0 bridgehead atoms. The maximum Gasteiger partial charge on any atom is 0.315 e. The van der Waals surface area contributed by atoms with E-state index in [1.165, 1.54) is 0 Å². The molecule has 0 saturated heterocycles. The number of carbonyl (C=O) groups excluding carboxylic acids is 2. The summed E-state index contributed by atoms with van der Waals surface area (Å²) in [6, 6.07) is 5.57. The number of benzene rings is 1. The molecule has 0 N–H and O–H groups in total. The van der Waals surface area contributed by atoms with Crippen LogP contribution < -0.4 is 9.47 Å². The number of allylic oxidation sites excluding steroid dienone is 2. The summed E-state index contributed by atoms with van der Waals surface area (Å²) in [5, 5.41) is 0. The molecule has 2 atom stereocenters. The third-order valence-corrected chi connectivity index (χ3v) is 6.32. The van der Waals surface area contributed by atoms with E-state index in [9.17, 15) is 9.59 Å².